The van der Waals surface area contributed by atoms with Gasteiger partial charge < -0.3 is 15.5 Å². The summed E-state index contributed by atoms with van der Waals surface area (Å²) in [5.74, 6) is 0.844. The Labute approximate surface area is 192 Å². The van der Waals surface area contributed by atoms with Crippen molar-refractivity contribution in [1.29, 1.82) is 0 Å². The standard InChI is InChI=1S/C21H35N7.HI/c1-5-27(6-2)12-8-9-18(3)26-21(22-4)24-14-19-10-7-11-20(13-19)15-28-17-23-16-25-28;/h7,10-11,13,16-18H,5-6,8-9,12,14-15H2,1-4H3,(H2,22,24,26);1H. The first kappa shape index (κ1) is 25.4. The molecule has 0 saturated carbocycles. The molecule has 0 fully saturated rings. The summed E-state index contributed by atoms with van der Waals surface area (Å²) in [6, 6.07) is 8.89. The van der Waals surface area contributed by atoms with Crippen LogP contribution in [0.15, 0.2) is 41.9 Å². The third-order valence-corrected chi connectivity index (χ3v) is 4.88. The van der Waals surface area contributed by atoms with Gasteiger partial charge in [0.2, 0.25) is 0 Å². The van der Waals surface area contributed by atoms with Gasteiger partial charge >= 0.3 is 0 Å². The number of guanidine groups is 1. The highest BCUT2D eigenvalue weighted by Crippen LogP contribution is 2.07. The monoisotopic (exact) mass is 513 g/mol. The van der Waals surface area contributed by atoms with Crippen molar-refractivity contribution in [2.75, 3.05) is 26.7 Å². The lowest BCUT2D eigenvalue weighted by atomic mass is 10.1. The lowest BCUT2D eigenvalue weighted by Gasteiger charge is -2.21. The van der Waals surface area contributed by atoms with Gasteiger partial charge in [0.05, 0.1) is 6.54 Å². The number of aromatic nitrogens is 3. The van der Waals surface area contributed by atoms with Gasteiger partial charge in [-0.3, -0.25) is 4.99 Å². The van der Waals surface area contributed by atoms with Crippen molar-refractivity contribution in [2.45, 2.75) is 52.7 Å². The zero-order valence-corrected chi connectivity index (χ0v) is 20.5. The van der Waals surface area contributed by atoms with E-state index in [0.29, 0.717) is 6.04 Å². The molecule has 0 aliphatic rings. The fourth-order valence-corrected chi connectivity index (χ4v) is 3.19. The Morgan fingerprint density at radius 3 is 2.66 bits per heavy atom. The van der Waals surface area contributed by atoms with Crippen LogP contribution in [0.2, 0.25) is 0 Å². The maximum absolute atomic E-state index is 4.36. The van der Waals surface area contributed by atoms with Crippen molar-refractivity contribution in [2.24, 2.45) is 4.99 Å². The van der Waals surface area contributed by atoms with Gasteiger partial charge in [-0.25, -0.2) is 9.67 Å². The Kier molecular flexibility index (Phi) is 12.5. The molecular formula is C21H36IN7. The predicted molar refractivity (Wildman–Crippen MR) is 131 cm³/mol. The summed E-state index contributed by atoms with van der Waals surface area (Å²) in [6.07, 6.45) is 5.62. The van der Waals surface area contributed by atoms with Crippen LogP contribution >= 0.6 is 24.0 Å². The van der Waals surface area contributed by atoms with Crippen LogP contribution in [0.1, 0.15) is 44.7 Å². The Hall–Kier alpha value is -1.68. The SMILES string of the molecule is CCN(CC)CCCC(C)NC(=NC)NCc1cccc(Cn2cncn2)c1.I. The first-order chi connectivity index (χ1) is 13.6. The van der Waals surface area contributed by atoms with Gasteiger partial charge in [-0.15, -0.1) is 24.0 Å². The topological polar surface area (TPSA) is 70.4 Å². The number of hydrogen-bond donors (Lipinski definition) is 2. The Morgan fingerprint density at radius 2 is 2.00 bits per heavy atom. The van der Waals surface area contributed by atoms with Gasteiger partial charge in [-0.2, -0.15) is 5.10 Å². The van der Waals surface area contributed by atoms with Gasteiger partial charge in [0.1, 0.15) is 12.7 Å². The van der Waals surface area contributed by atoms with Crippen LogP contribution in [-0.2, 0) is 13.1 Å². The number of aliphatic imine (C=N–C) groups is 1. The van der Waals surface area contributed by atoms with Crippen LogP contribution in [-0.4, -0.2) is 58.3 Å². The zero-order chi connectivity index (χ0) is 20.2. The van der Waals surface area contributed by atoms with Crippen LogP contribution < -0.4 is 10.6 Å². The Bertz CT molecular complexity index is 699. The molecule has 2 N–H and O–H groups in total. The summed E-state index contributed by atoms with van der Waals surface area (Å²) in [5, 5.41) is 11.1. The maximum Gasteiger partial charge on any atom is 0.191 e. The molecule has 1 aromatic carbocycles. The average Bonchev–Trinajstić information content (AvgIpc) is 3.21. The van der Waals surface area contributed by atoms with Crippen LogP contribution in [0.4, 0.5) is 0 Å². The largest absolute Gasteiger partial charge is 0.354 e. The van der Waals surface area contributed by atoms with E-state index in [-0.39, 0.29) is 24.0 Å². The molecule has 7 nitrogen and oxygen atoms in total. The van der Waals surface area contributed by atoms with E-state index in [1.54, 1.807) is 12.7 Å². The second-order valence-corrected chi connectivity index (χ2v) is 7.05. The lowest BCUT2D eigenvalue weighted by molar-refractivity contribution is 0.292. The molecule has 0 radical (unpaired) electrons. The third kappa shape index (κ3) is 9.58. The smallest absolute Gasteiger partial charge is 0.191 e. The molecule has 1 heterocycles. The van der Waals surface area contributed by atoms with Crippen molar-refractivity contribution >= 4 is 29.9 Å². The third-order valence-electron chi connectivity index (χ3n) is 4.88. The highest BCUT2D eigenvalue weighted by atomic mass is 127. The minimum absolute atomic E-state index is 0. The van der Waals surface area contributed by atoms with Gasteiger partial charge in [0.15, 0.2) is 5.96 Å². The van der Waals surface area contributed by atoms with Gasteiger partial charge in [-0.1, -0.05) is 38.1 Å². The number of hydrogen-bond acceptors (Lipinski definition) is 4. The normalized spacial score (nSPS) is 12.5. The molecule has 1 atom stereocenters. The van der Waals surface area contributed by atoms with Crippen molar-refractivity contribution < 1.29 is 0 Å². The van der Waals surface area contributed by atoms with Crippen molar-refractivity contribution in [3.05, 3.63) is 48.0 Å². The number of nitrogens with one attached hydrogen (secondary N) is 2. The number of benzene rings is 1. The minimum atomic E-state index is 0. The molecule has 2 aromatic rings. The minimum Gasteiger partial charge on any atom is -0.354 e. The molecule has 0 aliphatic heterocycles. The molecule has 0 bridgehead atoms. The highest BCUT2D eigenvalue weighted by Gasteiger charge is 2.07. The first-order valence-electron chi connectivity index (χ1n) is 10.2. The van der Waals surface area contributed by atoms with E-state index in [2.05, 4.69) is 75.6 Å². The zero-order valence-electron chi connectivity index (χ0n) is 18.1. The predicted octanol–water partition coefficient (Wildman–Crippen LogP) is 3.12. The Morgan fingerprint density at radius 1 is 1.24 bits per heavy atom. The van der Waals surface area contributed by atoms with Gasteiger partial charge in [0.25, 0.3) is 0 Å². The summed E-state index contributed by atoms with van der Waals surface area (Å²) < 4.78 is 1.83. The van der Waals surface area contributed by atoms with E-state index in [9.17, 15) is 0 Å². The van der Waals surface area contributed by atoms with E-state index >= 15 is 0 Å². The molecular weight excluding hydrogens is 477 g/mol. The molecule has 1 aromatic heterocycles. The lowest BCUT2D eigenvalue weighted by Crippen LogP contribution is -2.42. The summed E-state index contributed by atoms with van der Waals surface area (Å²) in [5.41, 5.74) is 2.42. The van der Waals surface area contributed by atoms with E-state index < -0.39 is 0 Å². The second kappa shape index (κ2) is 14.3. The van der Waals surface area contributed by atoms with Crippen LogP contribution in [0.25, 0.3) is 0 Å². The van der Waals surface area contributed by atoms with Crippen molar-refractivity contribution in [3.8, 4) is 0 Å². The van der Waals surface area contributed by atoms with Crippen molar-refractivity contribution in [3.63, 3.8) is 0 Å². The van der Waals surface area contributed by atoms with E-state index in [0.717, 1.165) is 45.1 Å². The summed E-state index contributed by atoms with van der Waals surface area (Å²) in [4.78, 5) is 10.8. The van der Waals surface area contributed by atoms with Gasteiger partial charge in [0, 0.05) is 19.6 Å². The summed E-state index contributed by atoms with van der Waals surface area (Å²) in [6.45, 7) is 11.5. The molecule has 1 unspecified atom stereocenters. The van der Waals surface area contributed by atoms with Crippen molar-refractivity contribution in [1.82, 2.24) is 30.3 Å². The quantitative estimate of drug-likeness (QED) is 0.275. The molecule has 162 valence electrons. The fraction of sp³-hybridized carbons (Fsp3) is 0.571. The number of halogens is 1. The molecule has 29 heavy (non-hydrogen) atoms. The molecule has 0 saturated heterocycles. The van der Waals surface area contributed by atoms with Crippen LogP contribution in [0, 0.1) is 0 Å². The molecule has 0 aliphatic carbocycles. The highest BCUT2D eigenvalue weighted by molar-refractivity contribution is 14.0. The maximum atomic E-state index is 4.36. The van der Waals surface area contributed by atoms with E-state index in [1.165, 1.54) is 17.5 Å². The Balaban J connectivity index is 0.00000420. The first-order valence-corrected chi connectivity index (χ1v) is 10.2. The van der Waals surface area contributed by atoms with E-state index in [4.69, 9.17) is 0 Å². The summed E-state index contributed by atoms with van der Waals surface area (Å²) >= 11 is 0. The fourth-order valence-electron chi connectivity index (χ4n) is 3.19. The van der Waals surface area contributed by atoms with E-state index in [1.807, 2.05) is 11.7 Å². The second-order valence-electron chi connectivity index (χ2n) is 7.05. The van der Waals surface area contributed by atoms with Gasteiger partial charge in [-0.05, 0) is 50.5 Å². The molecule has 8 heteroatoms. The average molecular weight is 513 g/mol. The summed E-state index contributed by atoms with van der Waals surface area (Å²) in [7, 11) is 1.82. The number of rotatable bonds is 11. The molecule has 0 spiro atoms. The molecule has 2 rings (SSSR count). The number of nitrogens with zero attached hydrogens (tertiary/aromatic N) is 5. The van der Waals surface area contributed by atoms with Crippen LogP contribution in [0.5, 0.6) is 0 Å². The molecule has 0 amide bonds. The van der Waals surface area contributed by atoms with Crippen LogP contribution in [0.3, 0.4) is 0 Å².